The number of aromatic hydroxyl groups is 1. The molecular formula is C30H19Cl2F9N2O6. The van der Waals surface area contributed by atoms with Crippen molar-refractivity contribution in [2.75, 3.05) is 11.9 Å². The SMILES string of the molecule is CN1C(=O)C2(Cl)CC3C(=CCC4C(=O)N(c5cc(C(F)(F)F)cc(C(F)(F)F)c5)C(=O)C43)C(c3cc(OC(F)(F)F)ccc3O)C2(Cl)C1=O. The highest BCUT2D eigenvalue weighted by molar-refractivity contribution is 6.53. The predicted octanol–water partition coefficient (Wildman–Crippen LogP) is 6.52. The Morgan fingerprint density at radius 2 is 1.43 bits per heavy atom. The van der Waals surface area contributed by atoms with Crippen molar-refractivity contribution in [1.29, 1.82) is 0 Å². The lowest BCUT2D eigenvalue weighted by atomic mass is 9.56. The molecule has 2 aromatic carbocycles. The highest BCUT2D eigenvalue weighted by atomic mass is 35.5. The van der Waals surface area contributed by atoms with Gasteiger partial charge in [0, 0.05) is 18.5 Å². The van der Waals surface area contributed by atoms with Gasteiger partial charge in [0.25, 0.3) is 11.8 Å². The van der Waals surface area contributed by atoms with Crippen LogP contribution < -0.4 is 9.64 Å². The first kappa shape index (κ1) is 34.9. The standard InChI is InChI=1S/C30H19Cl2F9N2O6/c1-42-24(47)26(31)10-18-15(21(27(26,32)25(42)48)17-9-14(2-5-19(17)44)49-30(39,40)41)3-4-16-20(18)23(46)43(22(16)45)13-7-11(28(33,34)35)6-12(8-13)29(36,37)38/h2-3,5-9,16,18,20-21,44H,4,10H2,1H3. The fourth-order valence-electron chi connectivity index (χ4n) is 7.37. The van der Waals surface area contributed by atoms with Crippen LogP contribution >= 0.6 is 23.2 Å². The first-order valence-corrected chi connectivity index (χ1v) is 14.8. The Hall–Kier alpha value is -3.99. The number of hydrogen-bond acceptors (Lipinski definition) is 6. The quantitative estimate of drug-likeness (QED) is 0.166. The summed E-state index contributed by atoms with van der Waals surface area (Å²) >= 11 is 13.8. The van der Waals surface area contributed by atoms with Crippen LogP contribution in [0.25, 0.3) is 0 Å². The minimum Gasteiger partial charge on any atom is -0.508 e. The number of imide groups is 2. The van der Waals surface area contributed by atoms with Gasteiger partial charge in [-0.05, 0) is 55.2 Å². The fourth-order valence-corrected chi connectivity index (χ4v) is 8.38. The second-order valence-electron chi connectivity index (χ2n) is 12.0. The number of carbonyl (C=O) groups is 4. The fraction of sp³-hybridized carbons (Fsp3) is 0.400. The molecule has 6 rings (SSSR count). The zero-order valence-electron chi connectivity index (χ0n) is 24.3. The molecule has 0 radical (unpaired) electrons. The molecule has 6 atom stereocenters. The average molecular weight is 745 g/mol. The van der Waals surface area contributed by atoms with Crippen LogP contribution in [0.2, 0.25) is 0 Å². The number of amides is 4. The van der Waals surface area contributed by atoms with Crippen molar-refractivity contribution >= 4 is 52.5 Å². The maximum atomic E-state index is 14.0. The van der Waals surface area contributed by atoms with Crippen LogP contribution in [0.15, 0.2) is 48.0 Å². The van der Waals surface area contributed by atoms with E-state index in [4.69, 9.17) is 23.2 Å². The van der Waals surface area contributed by atoms with E-state index in [2.05, 4.69) is 4.74 Å². The lowest BCUT2D eigenvalue weighted by Crippen LogP contribution is -2.60. The summed E-state index contributed by atoms with van der Waals surface area (Å²) in [4.78, 5) is 50.5. The van der Waals surface area contributed by atoms with Crippen LogP contribution in [-0.4, -0.2) is 56.8 Å². The lowest BCUT2D eigenvalue weighted by molar-refractivity contribution is -0.274. The number of phenolic OH excluding ortho intramolecular Hbond substituents is 1. The van der Waals surface area contributed by atoms with Crippen LogP contribution in [0.1, 0.15) is 35.4 Å². The van der Waals surface area contributed by atoms with E-state index in [-0.39, 0.29) is 28.7 Å². The molecule has 3 fully saturated rings. The number of likely N-dealkylation sites (tertiary alicyclic amines) is 1. The van der Waals surface area contributed by atoms with Gasteiger partial charge in [-0.2, -0.15) is 26.3 Å². The largest absolute Gasteiger partial charge is 0.573 e. The molecule has 4 aliphatic rings. The molecule has 2 aliphatic carbocycles. The maximum absolute atomic E-state index is 14.0. The van der Waals surface area contributed by atoms with Crippen molar-refractivity contribution in [1.82, 2.24) is 4.90 Å². The van der Waals surface area contributed by atoms with Crippen LogP contribution in [0, 0.1) is 17.8 Å². The minimum atomic E-state index is -5.32. The third-order valence-electron chi connectivity index (χ3n) is 9.39. The van der Waals surface area contributed by atoms with Crippen molar-refractivity contribution in [2.24, 2.45) is 17.8 Å². The summed E-state index contributed by atoms with van der Waals surface area (Å²) in [7, 11) is 1.01. The number of fused-ring (bicyclic) bond motifs is 4. The molecule has 6 unspecified atom stereocenters. The van der Waals surface area contributed by atoms with Gasteiger partial charge in [-0.25, -0.2) is 4.90 Å². The minimum absolute atomic E-state index is 0.0357. The van der Waals surface area contributed by atoms with Gasteiger partial charge in [0.05, 0.1) is 28.7 Å². The van der Waals surface area contributed by atoms with Crippen molar-refractivity contribution in [3.05, 3.63) is 64.7 Å². The Kier molecular flexibility index (Phi) is 7.65. The van der Waals surface area contributed by atoms with Crippen LogP contribution in [0.5, 0.6) is 11.5 Å². The Morgan fingerprint density at radius 1 is 0.837 bits per heavy atom. The smallest absolute Gasteiger partial charge is 0.508 e. The summed E-state index contributed by atoms with van der Waals surface area (Å²) in [6, 6.07) is 2.42. The number of ether oxygens (including phenoxy) is 1. The lowest BCUT2D eigenvalue weighted by Gasteiger charge is -2.50. The molecule has 1 N–H and O–H groups in total. The van der Waals surface area contributed by atoms with Gasteiger partial charge in [-0.15, -0.1) is 36.4 Å². The molecule has 262 valence electrons. The van der Waals surface area contributed by atoms with Gasteiger partial charge in [-0.1, -0.05) is 11.6 Å². The average Bonchev–Trinajstić information content (AvgIpc) is 3.31. The molecule has 4 amide bonds. The Morgan fingerprint density at radius 3 is 1.98 bits per heavy atom. The summed E-state index contributed by atoms with van der Waals surface area (Å²) in [5, 5.41) is 10.9. The van der Waals surface area contributed by atoms with E-state index in [0.29, 0.717) is 11.0 Å². The van der Waals surface area contributed by atoms with Crippen molar-refractivity contribution in [3.63, 3.8) is 0 Å². The van der Waals surface area contributed by atoms with Gasteiger partial charge < -0.3 is 9.84 Å². The normalized spacial score (nSPS) is 30.3. The zero-order chi connectivity index (χ0) is 36.4. The third-order valence-corrected chi connectivity index (χ3v) is 10.8. The molecule has 0 bridgehead atoms. The molecule has 2 heterocycles. The highest BCUT2D eigenvalue weighted by Gasteiger charge is 2.76. The van der Waals surface area contributed by atoms with Gasteiger partial charge in [0.2, 0.25) is 11.8 Å². The highest BCUT2D eigenvalue weighted by Crippen LogP contribution is 2.66. The van der Waals surface area contributed by atoms with Crippen molar-refractivity contribution in [3.8, 4) is 11.5 Å². The zero-order valence-corrected chi connectivity index (χ0v) is 25.8. The number of nitrogens with zero attached hydrogens (tertiary/aromatic N) is 2. The Labute approximate surface area is 279 Å². The topological polar surface area (TPSA) is 104 Å². The van der Waals surface area contributed by atoms with Crippen LogP contribution in [-0.2, 0) is 31.5 Å². The maximum Gasteiger partial charge on any atom is 0.573 e. The van der Waals surface area contributed by atoms with E-state index in [1.54, 1.807) is 0 Å². The van der Waals surface area contributed by atoms with Crippen LogP contribution in [0.4, 0.5) is 45.2 Å². The first-order chi connectivity index (χ1) is 22.4. The number of hydrogen-bond donors (Lipinski definition) is 1. The number of phenols is 1. The van der Waals surface area contributed by atoms with E-state index < -0.39 is 122 Å². The number of anilines is 1. The summed E-state index contributed by atoms with van der Waals surface area (Å²) < 4.78 is 125. The van der Waals surface area contributed by atoms with Gasteiger partial charge in [0.15, 0.2) is 9.75 Å². The summed E-state index contributed by atoms with van der Waals surface area (Å²) in [5.41, 5.74) is -5.16. The van der Waals surface area contributed by atoms with E-state index in [1.165, 1.54) is 6.08 Å². The van der Waals surface area contributed by atoms with E-state index >= 15 is 0 Å². The third kappa shape index (κ3) is 5.13. The molecule has 2 aliphatic heterocycles. The van der Waals surface area contributed by atoms with Gasteiger partial charge >= 0.3 is 18.7 Å². The number of rotatable bonds is 3. The molecule has 49 heavy (non-hydrogen) atoms. The predicted molar refractivity (Wildman–Crippen MR) is 149 cm³/mol. The monoisotopic (exact) mass is 744 g/mol. The first-order valence-electron chi connectivity index (χ1n) is 14.1. The van der Waals surface area contributed by atoms with E-state index in [9.17, 15) is 63.8 Å². The molecule has 2 saturated heterocycles. The number of allylic oxidation sites excluding steroid dienone is 2. The van der Waals surface area contributed by atoms with E-state index in [0.717, 1.165) is 19.2 Å². The second kappa shape index (κ2) is 10.8. The number of benzene rings is 2. The molecule has 8 nitrogen and oxygen atoms in total. The molecule has 19 heteroatoms. The second-order valence-corrected chi connectivity index (χ2v) is 13.3. The summed E-state index contributed by atoms with van der Waals surface area (Å²) in [6.45, 7) is 0. The summed E-state index contributed by atoms with van der Waals surface area (Å²) in [5.74, 6) is -12.4. The molecular weight excluding hydrogens is 726 g/mol. The van der Waals surface area contributed by atoms with Crippen LogP contribution in [0.3, 0.4) is 0 Å². The van der Waals surface area contributed by atoms with E-state index in [1.807, 2.05) is 0 Å². The Balaban J connectivity index is 1.51. The van der Waals surface area contributed by atoms with Gasteiger partial charge in [0.1, 0.15) is 11.5 Å². The number of alkyl halides is 11. The molecule has 0 aromatic heterocycles. The van der Waals surface area contributed by atoms with Crippen molar-refractivity contribution in [2.45, 2.75) is 47.2 Å². The number of carbonyl (C=O) groups excluding carboxylic acids is 4. The van der Waals surface area contributed by atoms with Crippen molar-refractivity contribution < 1.29 is 68.5 Å². The molecule has 1 saturated carbocycles. The number of halogens is 11. The Bertz CT molecular complexity index is 1830. The summed E-state index contributed by atoms with van der Waals surface area (Å²) in [6.07, 6.45) is -15.6. The van der Waals surface area contributed by atoms with Gasteiger partial charge in [-0.3, -0.25) is 24.1 Å². The molecule has 0 spiro atoms. The molecule has 2 aromatic rings.